The average Bonchev–Trinajstić information content (AvgIpc) is 2.55. The van der Waals surface area contributed by atoms with E-state index >= 15 is 0 Å². The van der Waals surface area contributed by atoms with Gasteiger partial charge in [-0.3, -0.25) is 9.59 Å². The van der Waals surface area contributed by atoms with E-state index < -0.39 is 27.5 Å². The number of carboxylic acids is 2. The van der Waals surface area contributed by atoms with Gasteiger partial charge >= 0.3 is 11.9 Å². The van der Waals surface area contributed by atoms with Crippen LogP contribution in [-0.2, 0) is 29.1 Å². The van der Waals surface area contributed by atoms with Crippen LogP contribution in [0.15, 0.2) is 29.2 Å². The van der Waals surface area contributed by atoms with Gasteiger partial charge in [-0.15, -0.1) is 0 Å². The second kappa shape index (κ2) is 10.4. The summed E-state index contributed by atoms with van der Waals surface area (Å²) in [6.07, 6.45) is -0.443. The summed E-state index contributed by atoms with van der Waals surface area (Å²) in [7, 11) is -3.88. The van der Waals surface area contributed by atoms with Crippen molar-refractivity contribution in [1.29, 1.82) is 0 Å². The van der Waals surface area contributed by atoms with Crippen LogP contribution in [0.5, 0.6) is 0 Å². The van der Waals surface area contributed by atoms with Crippen molar-refractivity contribution in [2.75, 3.05) is 26.4 Å². The van der Waals surface area contributed by atoms with Crippen LogP contribution in [0.1, 0.15) is 25.3 Å². The van der Waals surface area contributed by atoms with Crippen molar-refractivity contribution >= 4 is 22.0 Å². The molecule has 0 bridgehead atoms. The van der Waals surface area contributed by atoms with Crippen molar-refractivity contribution < 1.29 is 37.7 Å². The average molecular weight is 403 g/mol. The van der Waals surface area contributed by atoms with E-state index in [4.69, 9.17) is 19.7 Å². The third-order valence-corrected chi connectivity index (χ3v) is 5.13. The van der Waals surface area contributed by atoms with E-state index in [2.05, 4.69) is 4.72 Å². The zero-order chi connectivity index (χ0) is 20.5. The summed E-state index contributed by atoms with van der Waals surface area (Å²) in [5, 5.41) is 17.3. The van der Waals surface area contributed by atoms with Gasteiger partial charge in [0.2, 0.25) is 10.0 Å². The second-order valence-electron chi connectivity index (χ2n) is 6.37. The van der Waals surface area contributed by atoms with Gasteiger partial charge in [-0.05, 0) is 26.0 Å². The summed E-state index contributed by atoms with van der Waals surface area (Å²) < 4.78 is 38.3. The summed E-state index contributed by atoms with van der Waals surface area (Å²) in [4.78, 5) is 21.2. The Morgan fingerprint density at radius 2 is 1.44 bits per heavy atom. The summed E-state index contributed by atoms with van der Waals surface area (Å²) in [5.41, 5.74) is -0.300. The van der Waals surface area contributed by atoms with E-state index in [1.165, 1.54) is 12.1 Å². The van der Waals surface area contributed by atoms with Crippen LogP contribution < -0.4 is 4.72 Å². The topological polar surface area (TPSA) is 139 Å². The Morgan fingerprint density at radius 3 is 1.85 bits per heavy atom. The molecule has 0 aliphatic rings. The molecule has 0 spiro atoms. The van der Waals surface area contributed by atoms with Crippen LogP contribution in [0, 0.1) is 6.92 Å². The standard InChI is InChI=1S/C17H25NO8S/c1-13-3-5-14(6-4-13)27(23,24)18-17(2,11-25-9-7-15(19)20)12-26-10-8-16(21)22/h3-6,18H,7-12H2,1-2H3,(H,19,20)(H,21,22). The van der Waals surface area contributed by atoms with E-state index in [9.17, 15) is 18.0 Å². The number of nitrogens with one attached hydrogen (secondary N) is 1. The van der Waals surface area contributed by atoms with Crippen molar-refractivity contribution in [1.82, 2.24) is 4.72 Å². The van der Waals surface area contributed by atoms with Crippen molar-refractivity contribution in [2.24, 2.45) is 0 Å². The van der Waals surface area contributed by atoms with Crippen LogP contribution in [0.25, 0.3) is 0 Å². The number of hydrogen-bond acceptors (Lipinski definition) is 6. The smallest absolute Gasteiger partial charge is 0.305 e. The first-order valence-corrected chi connectivity index (χ1v) is 9.72. The van der Waals surface area contributed by atoms with Crippen molar-refractivity contribution in [3.8, 4) is 0 Å². The van der Waals surface area contributed by atoms with Crippen LogP contribution in [-0.4, -0.2) is 62.5 Å². The van der Waals surface area contributed by atoms with Crippen LogP contribution >= 0.6 is 0 Å². The molecule has 10 heteroatoms. The number of rotatable bonds is 13. The molecule has 0 saturated heterocycles. The largest absolute Gasteiger partial charge is 0.481 e. The Hall–Kier alpha value is -2.01. The molecule has 1 aromatic rings. The summed E-state index contributed by atoms with van der Waals surface area (Å²) in [6, 6.07) is 6.26. The van der Waals surface area contributed by atoms with E-state index in [-0.39, 0.29) is 44.2 Å². The van der Waals surface area contributed by atoms with Gasteiger partial charge in [0.15, 0.2) is 0 Å². The van der Waals surface area contributed by atoms with E-state index in [0.29, 0.717) is 0 Å². The number of sulfonamides is 1. The predicted octanol–water partition coefficient (Wildman–Crippen LogP) is 1.01. The second-order valence-corrected chi connectivity index (χ2v) is 8.05. The minimum atomic E-state index is -3.88. The van der Waals surface area contributed by atoms with Gasteiger partial charge in [0.05, 0.1) is 49.7 Å². The van der Waals surface area contributed by atoms with E-state index in [1.807, 2.05) is 6.92 Å². The quantitative estimate of drug-likeness (QED) is 0.415. The van der Waals surface area contributed by atoms with Gasteiger partial charge in [-0.2, -0.15) is 0 Å². The number of aliphatic carboxylic acids is 2. The predicted molar refractivity (Wildman–Crippen MR) is 96.0 cm³/mol. The number of benzene rings is 1. The highest BCUT2D eigenvalue weighted by Crippen LogP contribution is 2.15. The van der Waals surface area contributed by atoms with E-state index in [1.54, 1.807) is 19.1 Å². The number of aryl methyl sites for hydroxylation is 1. The van der Waals surface area contributed by atoms with Gasteiger partial charge in [0, 0.05) is 0 Å². The molecule has 3 N–H and O–H groups in total. The summed E-state index contributed by atoms with van der Waals surface area (Å²) in [5.74, 6) is -2.07. The third-order valence-electron chi connectivity index (χ3n) is 3.47. The first-order valence-electron chi connectivity index (χ1n) is 8.24. The number of carboxylic acid groups (broad SMARTS) is 2. The molecule has 1 aromatic carbocycles. The molecule has 0 saturated carbocycles. The molecular formula is C17H25NO8S. The Bertz CT molecular complexity index is 708. The van der Waals surface area contributed by atoms with Gasteiger partial charge < -0.3 is 19.7 Å². The Morgan fingerprint density at radius 1 is 1.00 bits per heavy atom. The number of carbonyl (C=O) groups is 2. The molecule has 0 atom stereocenters. The summed E-state index contributed by atoms with van der Waals surface area (Å²) >= 11 is 0. The lowest BCUT2D eigenvalue weighted by atomic mass is 10.1. The SMILES string of the molecule is Cc1ccc(S(=O)(=O)NC(C)(COCCC(=O)O)COCCC(=O)O)cc1. The third kappa shape index (κ3) is 8.96. The highest BCUT2D eigenvalue weighted by molar-refractivity contribution is 7.89. The highest BCUT2D eigenvalue weighted by Gasteiger charge is 2.31. The number of ether oxygens (including phenoxy) is 2. The fourth-order valence-corrected chi connectivity index (χ4v) is 3.49. The van der Waals surface area contributed by atoms with Crippen LogP contribution in [0.3, 0.4) is 0 Å². The van der Waals surface area contributed by atoms with Crippen LogP contribution in [0.4, 0.5) is 0 Å². The highest BCUT2D eigenvalue weighted by atomic mass is 32.2. The first-order chi connectivity index (χ1) is 12.5. The van der Waals surface area contributed by atoms with Crippen molar-refractivity contribution in [2.45, 2.75) is 37.1 Å². The van der Waals surface area contributed by atoms with Crippen molar-refractivity contribution in [3.05, 3.63) is 29.8 Å². The molecule has 0 aliphatic heterocycles. The van der Waals surface area contributed by atoms with Gasteiger partial charge in [-0.25, -0.2) is 13.1 Å². The van der Waals surface area contributed by atoms with Crippen molar-refractivity contribution in [3.63, 3.8) is 0 Å². The maximum atomic E-state index is 12.6. The molecule has 0 heterocycles. The molecule has 0 amide bonds. The van der Waals surface area contributed by atoms with E-state index in [0.717, 1.165) is 5.56 Å². The molecule has 9 nitrogen and oxygen atoms in total. The molecule has 1 rings (SSSR count). The lowest BCUT2D eigenvalue weighted by Gasteiger charge is -2.30. The molecule has 0 radical (unpaired) electrons. The normalized spacial score (nSPS) is 12.1. The first kappa shape index (κ1) is 23.0. The monoisotopic (exact) mass is 403 g/mol. The Kier molecular flexibility index (Phi) is 8.83. The van der Waals surface area contributed by atoms with Gasteiger partial charge in [0.1, 0.15) is 0 Å². The Labute approximate surface area is 158 Å². The van der Waals surface area contributed by atoms with Gasteiger partial charge in [-0.1, -0.05) is 17.7 Å². The zero-order valence-electron chi connectivity index (χ0n) is 15.3. The molecular weight excluding hydrogens is 378 g/mol. The minimum absolute atomic E-state index is 0.0652. The summed E-state index contributed by atoms with van der Waals surface area (Å²) in [6.45, 7) is 2.91. The van der Waals surface area contributed by atoms with Crippen LogP contribution in [0.2, 0.25) is 0 Å². The zero-order valence-corrected chi connectivity index (χ0v) is 16.1. The maximum absolute atomic E-state index is 12.6. The molecule has 0 fully saturated rings. The Balaban J connectivity index is 2.82. The molecule has 0 unspecified atom stereocenters. The molecule has 27 heavy (non-hydrogen) atoms. The fraction of sp³-hybridized carbons (Fsp3) is 0.529. The minimum Gasteiger partial charge on any atom is -0.481 e. The fourth-order valence-electron chi connectivity index (χ4n) is 2.12. The lowest BCUT2D eigenvalue weighted by molar-refractivity contribution is -0.139. The number of hydrogen-bond donors (Lipinski definition) is 3. The molecule has 0 aromatic heterocycles. The lowest BCUT2D eigenvalue weighted by Crippen LogP contribution is -2.53. The molecule has 152 valence electrons. The van der Waals surface area contributed by atoms with Gasteiger partial charge in [0.25, 0.3) is 0 Å². The molecule has 0 aliphatic carbocycles. The maximum Gasteiger partial charge on any atom is 0.305 e.